The molecule has 28 heavy (non-hydrogen) atoms. The van der Waals surface area contributed by atoms with E-state index in [2.05, 4.69) is 61.7 Å². The zero-order valence-corrected chi connectivity index (χ0v) is 19.4. The van der Waals surface area contributed by atoms with Crippen LogP contribution < -0.4 is 17.7 Å². The topological polar surface area (TPSA) is 24.4 Å². The molecular weight excluding hydrogens is 366 g/mol. The molecule has 0 unspecified atom stereocenters. The molecule has 0 spiro atoms. The van der Waals surface area contributed by atoms with Crippen LogP contribution in [0.4, 0.5) is 0 Å². The lowest BCUT2D eigenvalue weighted by Crippen LogP contribution is -3.00. The lowest BCUT2D eigenvalue weighted by molar-refractivity contribution is -0.903. The van der Waals surface area contributed by atoms with Crippen molar-refractivity contribution in [3.05, 3.63) is 35.9 Å². The smallest absolute Gasteiger partial charge is 0.104 e. The highest BCUT2D eigenvalue weighted by Gasteiger charge is 2.14. The van der Waals surface area contributed by atoms with Crippen molar-refractivity contribution in [2.24, 2.45) is 4.99 Å². The second kappa shape index (κ2) is 18.0. The Morgan fingerprint density at radius 2 is 1.43 bits per heavy atom. The first kappa shape index (κ1) is 26.9. The SMILES string of the molecule is C1=NCCN1.CCCCCCCCCCCC[N+](C)(C)Cc1ccccc1.[Cl-]. The lowest BCUT2D eigenvalue weighted by Gasteiger charge is -2.30. The molecule has 0 aliphatic carbocycles. The molecule has 0 aromatic heterocycles. The Hall–Kier alpha value is -1.06. The van der Waals surface area contributed by atoms with E-state index in [1.807, 2.05) is 0 Å². The number of hydrogen-bond donors (Lipinski definition) is 1. The first-order chi connectivity index (χ1) is 13.1. The van der Waals surface area contributed by atoms with E-state index in [0.717, 1.165) is 24.1 Å². The van der Waals surface area contributed by atoms with Crippen molar-refractivity contribution < 1.29 is 16.9 Å². The van der Waals surface area contributed by atoms with Crippen molar-refractivity contribution in [1.29, 1.82) is 0 Å². The van der Waals surface area contributed by atoms with Crippen molar-refractivity contribution in [2.45, 2.75) is 77.7 Å². The quantitative estimate of drug-likeness (QED) is 0.393. The molecule has 0 saturated heterocycles. The predicted molar refractivity (Wildman–Crippen MR) is 120 cm³/mol. The van der Waals surface area contributed by atoms with Crippen LogP contribution in [0.2, 0.25) is 0 Å². The molecule has 0 amide bonds. The van der Waals surface area contributed by atoms with Crippen molar-refractivity contribution >= 4 is 6.34 Å². The summed E-state index contributed by atoms with van der Waals surface area (Å²) in [5, 5.41) is 2.93. The highest BCUT2D eigenvalue weighted by atomic mass is 35.5. The van der Waals surface area contributed by atoms with E-state index in [0.29, 0.717) is 0 Å². The van der Waals surface area contributed by atoms with Crippen LogP contribution in [0, 0.1) is 0 Å². The molecule has 0 fully saturated rings. The second-order valence-corrected chi connectivity index (χ2v) is 8.47. The van der Waals surface area contributed by atoms with E-state index in [4.69, 9.17) is 0 Å². The Morgan fingerprint density at radius 1 is 0.857 bits per heavy atom. The predicted octanol–water partition coefficient (Wildman–Crippen LogP) is 2.81. The largest absolute Gasteiger partial charge is 1.00 e. The van der Waals surface area contributed by atoms with Crippen LogP contribution in [0.1, 0.15) is 76.7 Å². The van der Waals surface area contributed by atoms with Gasteiger partial charge in [0, 0.05) is 12.1 Å². The van der Waals surface area contributed by atoms with Crippen LogP contribution in [0.3, 0.4) is 0 Å². The van der Waals surface area contributed by atoms with E-state index in [1.165, 1.54) is 76.3 Å². The number of aliphatic imine (C=N–C) groups is 1. The Bertz CT molecular complexity index is 468. The number of benzene rings is 1. The number of halogens is 1. The third-order valence-corrected chi connectivity index (χ3v) is 5.14. The maximum atomic E-state index is 3.85. The van der Waals surface area contributed by atoms with Gasteiger partial charge in [0.25, 0.3) is 0 Å². The van der Waals surface area contributed by atoms with E-state index in [-0.39, 0.29) is 12.4 Å². The van der Waals surface area contributed by atoms with Gasteiger partial charge in [-0.2, -0.15) is 0 Å². The summed E-state index contributed by atoms with van der Waals surface area (Å²) in [6.07, 6.45) is 16.0. The number of hydrogen-bond acceptors (Lipinski definition) is 2. The molecule has 1 aliphatic heterocycles. The van der Waals surface area contributed by atoms with Gasteiger partial charge in [-0.05, 0) is 12.8 Å². The maximum Gasteiger partial charge on any atom is 0.104 e. The summed E-state index contributed by atoms with van der Waals surface area (Å²) in [6, 6.07) is 10.9. The first-order valence-electron chi connectivity index (χ1n) is 11.2. The van der Waals surface area contributed by atoms with E-state index >= 15 is 0 Å². The fraction of sp³-hybridized carbons (Fsp3) is 0.708. The zero-order chi connectivity index (χ0) is 19.6. The van der Waals surface area contributed by atoms with E-state index < -0.39 is 0 Å². The summed E-state index contributed by atoms with van der Waals surface area (Å²) in [5.74, 6) is 0. The first-order valence-corrected chi connectivity index (χ1v) is 11.2. The molecule has 1 aromatic carbocycles. The van der Waals surface area contributed by atoms with E-state index in [1.54, 1.807) is 6.34 Å². The summed E-state index contributed by atoms with van der Waals surface area (Å²) in [7, 11) is 4.72. The minimum Gasteiger partial charge on any atom is -1.00 e. The fourth-order valence-corrected chi connectivity index (χ4v) is 3.51. The third-order valence-electron chi connectivity index (χ3n) is 5.14. The fourth-order valence-electron chi connectivity index (χ4n) is 3.51. The van der Waals surface area contributed by atoms with Gasteiger partial charge in [0.05, 0.1) is 33.5 Å². The van der Waals surface area contributed by atoms with Gasteiger partial charge in [0.15, 0.2) is 0 Å². The maximum absolute atomic E-state index is 3.85. The molecule has 4 heteroatoms. The van der Waals surface area contributed by atoms with Crippen LogP contribution in [0.5, 0.6) is 0 Å². The Kier molecular flexibility index (Phi) is 17.3. The zero-order valence-electron chi connectivity index (χ0n) is 18.6. The van der Waals surface area contributed by atoms with Gasteiger partial charge in [-0.25, -0.2) is 0 Å². The van der Waals surface area contributed by atoms with Gasteiger partial charge in [-0.3, -0.25) is 4.99 Å². The Labute approximate surface area is 181 Å². The minimum absolute atomic E-state index is 0. The third kappa shape index (κ3) is 15.9. The van der Waals surface area contributed by atoms with Gasteiger partial charge in [-0.1, -0.05) is 88.6 Å². The number of nitrogens with zero attached hydrogens (tertiary/aromatic N) is 2. The highest BCUT2D eigenvalue weighted by Crippen LogP contribution is 2.13. The van der Waals surface area contributed by atoms with Gasteiger partial charge < -0.3 is 22.2 Å². The van der Waals surface area contributed by atoms with Crippen molar-refractivity contribution in [3.63, 3.8) is 0 Å². The molecule has 0 bridgehead atoms. The van der Waals surface area contributed by atoms with Gasteiger partial charge in [-0.15, -0.1) is 0 Å². The van der Waals surface area contributed by atoms with Crippen LogP contribution >= 0.6 is 0 Å². The van der Waals surface area contributed by atoms with Crippen molar-refractivity contribution in [1.82, 2.24) is 5.32 Å². The molecule has 1 heterocycles. The van der Waals surface area contributed by atoms with Crippen LogP contribution in [-0.2, 0) is 6.54 Å². The number of rotatable bonds is 13. The molecule has 1 N–H and O–H groups in total. The number of unbranched alkanes of at least 4 members (excludes halogenated alkanes) is 9. The van der Waals surface area contributed by atoms with Gasteiger partial charge in [0.1, 0.15) is 6.54 Å². The average molecular weight is 410 g/mol. The van der Waals surface area contributed by atoms with Crippen LogP contribution in [-0.4, -0.2) is 44.6 Å². The summed E-state index contributed by atoms with van der Waals surface area (Å²) in [6.45, 7) is 6.72. The molecular formula is C24H44ClN3. The Morgan fingerprint density at radius 3 is 1.89 bits per heavy atom. The van der Waals surface area contributed by atoms with Crippen LogP contribution in [0.15, 0.2) is 35.3 Å². The lowest BCUT2D eigenvalue weighted by atomic mass is 10.1. The van der Waals surface area contributed by atoms with E-state index in [9.17, 15) is 0 Å². The monoisotopic (exact) mass is 409 g/mol. The van der Waals surface area contributed by atoms with Gasteiger partial charge >= 0.3 is 0 Å². The molecule has 1 aromatic rings. The highest BCUT2D eigenvalue weighted by molar-refractivity contribution is 5.56. The van der Waals surface area contributed by atoms with Gasteiger partial charge in [0.2, 0.25) is 0 Å². The summed E-state index contributed by atoms with van der Waals surface area (Å²) in [4.78, 5) is 3.85. The number of quaternary nitrogens is 1. The van der Waals surface area contributed by atoms with Crippen molar-refractivity contribution in [3.8, 4) is 0 Å². The van der Waals surface area contributed by atoms with Crippen molar-refractivity contribution in [2.75, 3.05) is 33.7 Å². The molecule has 2 rings (SSSR count). The summed E-state index contributed by atoms with van der Waals surface area (Å²) >= 11 is 0. The molecule has 162 valence electrons. The Balaban J connectivity index is 0.00000105. The minimum atomic E-state index is 0. The second-order valence-electron chi connectivity index (χ2n) is 8.47. The molecule has 1 aliphatic rings. The molecule has 0 saturated carbocycles. The van der Waals surface area contributed by atoms with Crippen LogP contribution in [0.25, 0.3) is 0 Å². The standard InChI is InChI=1S/C21H38N.C3H6N2.ClH/c1-4-5-6-7-8-9-10-11-12-16-19-22(2,3)20-21-17-14-13-15-18-21;1-2-5-3-4-1;/h13-15,17-18H,4-12,16,19-20H2,1-3H3;3H,1-2H2,(H,4,5);1H/q+1;;/p-1. The average Bonchev–Trinajstić information content (AvgIpc) is 3.24. The molecule has 0 atom stereocenters. The normalized spacial score (nSPS) is 12.7. The molecule has 0 radical (unpaired) electrons. The number of nitrogens with one attached hydrogen (secondary N) is 1. The summed E-state index contributed by atoms with van der Waals surface area (Å²) < 4.78 is 1.11. The molecule has 3 nitrogen and oxygen atoms in total. The summed E-state index contributed by atoms with van der Waals surface area (Å²) in [5.41, 5.74) is 1.46.